The number of aliphatic hydroxyl groups excluding tert-OH is 1. The molecule has 6 nitrogen and oxygen atoms in total. The monoisotopic (exact) mass is 299 g/mol. The van der Waals surface area contributed by atoms with Gasteiger partial charge in [-0.3, -0.25) is 14.5 Å². The molecule has 0 radical (unpaired) electrons. The van der Waals surface area contributed by atoms with E-state index in [1.165, 1.54) is 0 Å². The molecule has 21 heavy (non-hydrogen) atoms. The van der Waals surface area contributed by atoms with Crippen molar-refractivity contribution in [3.8, 4) is 0 Å². The second-order valence-electron chi connectivity index (χ2n) is 6.42. The van der Waals surface area contributed by atoms with E-state index in [1.807, 2.05) is 25.7 Å². The van der Waals surface area contributed by atoms with Crippen molar-refractivity contribution in [1.29, 1.82) is 0 Å². The quantitative estimate of drug-likeness (QED) is 0.621. The molecule has 1 rings (SSSR count). The van der Waals surface area contributed by atoms with Gasteiger partial charge in [0.25, 0.3) is 0 Å². The number of piperidine rings is 1. The molecule has 1 fully saturated rings. The van der Waals surface area contributed by atoms with E-state index in [2.05, 4.69) is 5.32 Å². The van der Waals surface area contributed by atoms with Crippen LogP contribution in [0.25, 0.3) is 0 Å². The van der Waals surface area contributed by atoms with E-state index in [0.29, 0.717) is 13.0 Å². The van der Waals surface area contributed by atoms with Gasteiger partial charge in [0.05, 0.1) is 12.6 Å². The lowest BCUT2D eigenvalue weighted by molar-refractivity contribution is -0.125. The van der Waals surface area contributed by atoms with Gasteiger partial charge in [-0.05, 0) is 25.2 Å². The van der Waals surface area contributed by atoms with Crippen LogP contribution < -0.4 is 11.1 Å². The maximum absolute atomic E-state index is 11.9. The van der Waals surface area contributed by atoms with Crippen LogP contribution in [0.2, 0.25) is 0 Å². The van der Waals surface area contributed by atoms with Crippen LogP contribution in [0.3, 0.4) is 0 Å². The van der Waals surface area contributed by atoms with Crippen molar-refractivity contribution in [1.82, 2.24) is 10.2 Å². The van der Waals surface area contributed by atoms with Crippen molar-refractivity contribution in [2.75, 3.05) is 19.6 Å². The molecule has 0 aromatic carbocycles. The van der Waals surface area contributed by atoms with Gasteiger partial charge in [0.2, 0.25) is 11.8 Å². The van der Waals surface area contributed by atoms with Gasteiger partial charge in [0, 0.05) is 25.0 Å². The van der Waals surface area contributed by atoms with Crippen LogP contribution in [0.5, 0.6) is 0 Å². The Labute approximate surface area is 127 Å². The van der Waals surface area contributed by atoms with E-state index in [9.17, 15) is 14.7 Å². The zero-order valence-corrected chi connectivity index (χ0v) is 13.3. The third-order valence-electron chi connectivity index (χ3n) is 3.94. The molecule has 1 heterocycles. The van der Waals surface area contributed by atoms with Crippen molar-refractivity contribution < 1.29 is 14.7 Å². The number of hydrogen-bond acceptors (Lipinski definition) is 4. The average molecular weight is 299 g/mol. The summed E-state index contributed by atoms with van der Waals surface area (Å²) in [6.07, 6.45) is 1.92. The van der Waals surface area contributed by atoms with Crippen LogP contribution in [0.1, 0.15) is 40.0 Å². The minimum atomic E-state index is -0.361. The van der Waals surface area contributed by atoms with Crippen LogP contribution in [-0.4, -0.2) is 53.6 Å². The fraction of sp³-hybridized carbons (Fsp3) is 0.867. The molecule has 0 aromatic heterocycles. The minimum absolute atomic E-state index is 0.0158. The molecule has 3 atom stereocenters. The molecular formula is C15H29N3O3. The number of hydrogen-bond donors (Lipinski definition) is 3. The van der Waals surface area contributed by atoms with E-state index in [4.69, 9.17) is 5.73 Å². The molecule has 0 bridgehead atoms. The van der Waals surface area contributed by atoms with Gasteiger partial charge < -0.3 is 16.2 Å². The van der Waals surface area contributed by atoms with Gasteiger partial charge in [-0.15, -0.1) is 0 Å². The lowest BCUT2D eigenvalue weighted by Crippen LogP contribution is -2.53. The number of likely N-dealkylation sites (tertiary alicyclic amines) is 1. The zero-order valence-electron chi connectivity index (χ0n) is 13.3. The molecule has 122 valence electrons. The summed E-state index contributed by atoms with van der Waals surface area (Å²) in [5.74, 6) is -0.127. The van der Waals surface area contributed by atoms with Gasteiger partial charge in [-0.1, -0.05) is 20.8 Å². The number of aliphatic hydroxyl groups is 1. The molecule has 0 aliphatic carbocycles. The number of nitrogens with zero attached hydrogens (tertiary/aromatic N) is 1. The molecule has 0 spiro atoms. The first-order valence-electron chi connectivity index (χ1n) is 7.80. The topological polar surface area (TPSA) is 95.7 Å². The van der Waals surface area contributed by atoms with E-state index in [0.717, 1.165) is 19.4 Å². The summed E-state index contributed by atoms with van der Waals surface area (Å²) in [4.78, 5) is 25.0. The number of nitrogens with two attached hydrogens (primary N) is 1. The fourth-order valence-electron chi connectivity index (χ4n) is 2.85. The summed E-state index contributed by atoms with van der Waals surface area (Å²) in [5, 5.41) is 12.9. The second kappa shape index (κ2) is 8.34. The first-order chi connectivity index (χ1) is 9.81. The van der Waals surface area contributed by atoms with Gasteiger partial charge in [0.15, 0.2) is 0 Å². The Morgan fingerprint density at radius 1 is 1.38 bits per heavy atom. The molecule has 0 aromatic rings. The summed E-state index contributed by atoms with van der Waals surface area (Å²) < 4.78 is 0. The Kier molecular flexibility index (Phi) is 7.11. The lowest BCUT2D eigenvalue weighted by Gasteiger charge is -2.38. The van der Waals surface area contributed by atoms with E-state index >= 15 is 0 Å². The van der Waals surface area contributed by atoms with Crippen LogP contribution in [0.15, 0.2) is 0 Å². The Morgan fingerprint density at radius 3 is 2.57 bits per heavy atom. The smallest absolute Gasteiger partial charge is 0.231 e. The van der Waals surface area contributed by atoms with Gasteiger partial charge in [-0.25, -0.2) is 0 Å². The normalized spacial score (nSPS) is 24.8. The summed E-state index contributed by atoms with van der Waals surface area (Å²) >= 11 is 0. The van der Waals surface area contributed by atoms with Crippen molar-refractivity contribution >= 4 is 11.8 Å². The molecule has 1 saturated heterocycles. The number of carbonyl (C=O) groups excluding carboxylic acids is 2. The van der Waals surface area contributed by atoms with Crippen molar-refractivity contribution in [2.24, 2.45) is 17.6 Å². The van der Waals surface area contributed by atoms with Crippen molar-refractivity contribution in [3.63, 3.8) is 0 Å². The van der Waals surface area contributed by atoms with E-state index in [-0.39, 0.29) is 42.3 Å². The van der Waals surface area contributed by atoms with Crippen LogP contribution in [-0.2, 0) is 9.59 Å². The number of primary amides is 1. The number of carbonyl (C=O) groups is 2. The summed E-state index contributed by atoms with van der Waals surface area (Å²) in [6.45, 7) is 7.25. The maximum atomic E-state index is 11.9. The highest BCUT2D eigenvalue weighted by Gasteiger charge is 2.30. The minimum Gasteiger partial charge on any atom is -0.393 e. The lowest BCUT2D eigenvalue weighted by atomic mass is 9.88. The van der Waals surface area contributed by atoms with Crippen LogP contribution in [0, 0.1) is 11.8 Å². The average Bonchev–Trinajstić information content (AvgIpc) is 2.37. The molecule has 4 N–H and O–H groups in total. The van der Waals surface area contributed by atoms with E-state index < -0.39 is 0 Å². The largest absolute Gasteiger partial charge is 0.393 e. The first kappa shape index (κ1) is 17.9. The highest BCUT2D eigenvalue weighted by atomic mass is 16.3. The highest BCUT2D eigenvalue weighted by molar-refractivity contribution is 5.78. The molecular weight excluding hydrogens is 270 g/mol. The number of amides is 2. The Morgan fingerprint density at radius 2 is 2.05 bits per heavy atom. The number of nitrogens with one attached hydrogen (secondary N) is 1. The highest BCUT2D eigenvalue weighted by Crippen LogP contribution is 2.22. The number of rotatable bonds is 7. The SMILES string of the molecule is CCC(O)CC1CC(NC(=O)C(C)C)CN(CC(N)=O)C1. The Bertz CT molecular complexity index is 360. The summed E-state index contributed by atoms with van der Waals surface area (Å²) in [5.41, 5.74) is 5.27. The third-order valence-corrected chi connectivity index (χ3v) is 3.94. The standard InChI is InChI=1S/C15H29N3O3/c1-4-13(19)6-11-5-12(17-15(21)10(2)3)8-18(7-11)9-14(16)20/h10-13,19H,4-9H2,1-3H3,(H2,16,20)(H,17,21). The predicted octanol–water partition coefficient (Wildman–Crippen LogP) is 0.0954. The Balaban J connectivity index is 2.64. The predicted molar refractivity (Wildman–Crippen MR) is 81.4 cm³/mol. The van der Waals surface area contributed by atoms with Gasteiger partial charge in [0.1, 0.15) is 0 Å². The Hall–Kier alpha value is -1.14. The molecule has 1 aliphatic heterocycles. The summed E-state index contributed by atoms with van der Waals surface area (Å²) in [6, 6.07) is 0.0158. The molecule has 0 saturated carbocycles. The zero-order chi connectivity index (χ0) is 16.0. The molecule has 1 aliphatic rings. The first-order valence-corrected chi connectivity index (χ1v) is 7.80. The van der Waals surface area contributed by atoms with Crippen LogP contribution in [0.4, 0.5) is 0 Å². The maximum Gasteiger partial charge on any atom is 0.231 e. The van der Waals surface area contributed by atoms with Gasteiger partial charge in [-0.2, -0.15) is 0 Å². The second-order valence-corrected chi connectivity index (χ2v) is 6.42. The fourth-order valence-corrected chi connectivity index (χ4v) is 2.85. The third kappa shape index (κ3) is 6.44. The molecule has 3 unspecified atom stereocenters. The van der Waals surface area contributed by atoms with Gasteiger partial charge >= 0.3 is 0 Å². The van der Waals surface area contributed by atoms with E-state index in [1.54, 1.807) is 0 Å². The van der Waals surface area contributed by atoms with Crippen molar-refractivity contribution in [3.05, 3.63) is 0 Å². The van der Waals surface area contributed by atoms with Crippen LogP contribution >= 0.6 is 0 Å². The van der Waals surface area contributed by atoms with Crippen molar-refractivity contribution in [2.45, 2.75) is 52.2 Å². The summed E-state index contributed by atoms with van der Waals surface area (Å²) in [7, 11) is 0. The molecule has 6 heteroatoms. The molecule has 2 amide bonds.